The van der Waals surface area contributed by atoms with Crippen LogP contribution in [-0.2, 0) is 21.2 Å². The molecule has 28 heavy (non-hydrogen) atoms. The quantitative estimate of drug-likeness (QED) is 0.763. The Kier molecular flexibility index (Phi) is 5.21. The van der Waals surface area contributed by atoms with E-state index in [-0.39, 0.29) is 22.8 Å². The molecule has 0 saturated carbocycles. The van der Waals surface area contributed by atoms with Gasteiger partial charge in [-0.15, -0.1) is 0 Å². The van der Waals surface area contributed by atoms with E-state index >= 15 is 0 Å². The number of para-hydroxylation sites is 1. The summed E-state index contributed by atoms with van der Waals surface area (Å²) in [5.74, 6) is -0.0359. The first-order valence-corrected chi connectivity index (χ1v) is 11.4. The zero-order valence-corrected chi connectivity index (χ0v) is 17.3. The zero-order valence-electron chi connectivity index (χ0n) is 15.7. The predicted octanol–water partition coefficient (Wildman–Crippen LogP) is 3.72. The van der Waals surface area contributed by atoms with Crippen LogP contribution >= 0.6 is 11.6 Å². The maximum absolute atomic E-state index is 13.2. The number of hydrogen-bond donors (Lipinski definition) is 0. The second-order valence-corrected chi connectivity index (χ2v) is 9.90. The summed E-state index contributed by atoms with van der Waals surface area (Å²) in [5, 5.41) is 0.503. The minimum atomic E-state index is -3.56. The van der Waals surface area contributed by atoms with Gasteiger partial charge in [0, 0.05) is 35.8 Å². The topological polar surface area (TPSA) is 57.7 Å². The molecule has 0 aromatic heterocycles. The fourth-order valence-electron chi connectivity index (χ4n) is 4.20. The van der Waals surface area contributed by atoms with E-state index in [4.69, 9.17) is 11.6 Å². The Morgan fingerprint density at radius 2 is 1.68 bits per heavy atom. The summed E-state index contributed by atoms with van der Waals surface area (Å²) in [6, 6.07) is 14.4. The number of sulfonamides is 1. The highest BCUT2D eigenvalue weighted by Crippen LogP contribution is 2.35. The van der Waals surface area contributed by atoms with Crippen molar-refractivity contribution in [3.05, 3.63) is 59.1 Å². The van der Waals surface area contributed by atoms with E-state index in [1.165, 1.54) is 22.0 Å². The lowest BCUT2D eigenvalue weighted by atomic mass is 9.96. The van der Waals surface area contributed by atoms with Crippen molar-refractivity contribution in [2.24, 2.45) is 5.92 Å². The number of benzene rings is 2. The van der Waals surface area contributed by atoms with Crippen molar-refractivity contribution >= 4 is 33.2 Å². The Balaban J connectivity index is 1.46. The fourth-order valence-corrected chi connectivity index (χ4v) is 5.79. The van der Waals surface area contributed by atoms with E-state index in [9.17, 15) is 13.2 Å². The van der Waals surface area contributed by atoms with Gasteiger partial charge in [0.05, 0.1) is 4.90 Å². The number of amides is 1. The van der Waals surface area contributed by atoms with Gasteiger partial charge in [0.1, 0.15) is 0 Å². The molecule has 2 aliphatic rings. The molecule has 148 valence electrons. The Morgan fingerprint density at radius 3 is 2.36 bits per heavy atom. The van der Waals surface area contributed by atoms with Crippen LogP contribution in [-0.4, -0.2) is 37.8 Å². The van der Waals surface area contributed by atoms with Crippen LogP contribution in [0.1, 0.15) is 25.3 Å². The molecular weight excluding hydrogens is 396 g/mol. The number of halogens is 1. The van der Waals surface area contributed by atoms with E-state index in [1.54, 1.807) is 12.1 Å². The molecule has 0 N–H and O–H groups in total. The second kappa shape index (κ2) is 7.50. The van der Waals surface area contributed by atoms with Crippen LogP contribution in [0, 0.1) is 5.92 Å². The van der Waals surface area contributed by atoms with E-state index in [1.807, 2.05) is 23.1 Å². The summed E-state index contributed by atoms with van der Waals surface area (Å²) in [7, 11) is -3.56. The number of fused-ring (bicyclic) bond motifs is 1. The number of anilines is 1. The number of carbonyl (C=O) groups is 1. The average Bonchev–Trinajstić information content (AvgIpc) is 3.03. The lowest BCUT2D eigenvalue weighted by molar-refractivity contribution is -0.123. The summed E-state index contributed by atoms with van der Waals surface area (Å²) >= 11 is 5.86. The largest absolute Gasteiger partial charge is 0.309 e. The molecule has 1 fully saturated rings. The van der Waals surface area contributed by atoms with Gasteiger partial charge in [-0.1, -0.05) is 29.8 Å². The number of carbonyl (C=O) groups excluding carboxylic acids is 1. The van der Waals surface area contributed by atoms with Crippen LogP contribution in [0.5, 0.6) is 0 Å². The molecule has 5 nitrogen and oxygen atoms in total. The summed E-state index contributed by atoms with van der Waals surface area (Å²) in [5.41, 5.74) is 2.20. The van der Waals surface area contributed by atoms with Gasteiger partial charge in [-0.25, -0.2) is 8.42 Å². The van der Waals surface area contributed by atoms with Gasteiger partial charge in [0.2, 0.25) is 15.9 Å². The minimum Gasteiger partial charge on any atom is -0.309 e. The molecule has 0 bridgehead atoms. The highest BCUT2D eigenvalue weighted by Gasteiger charge is 2.38. The van der Waals surface area contributed by atoms with Gasteiger partial charge in [-0.3, -0.25) is 4.79 Å². The van der Waals surface area contributed by atoms with Crippen LogP contribution in [0.3, 0.4) is 0 Å². The predicted molar refractivity (Wildman–Crippen MR) is 110 cm³/mol. The lowest BCUT2D eigenvalue weighted by Crippen LogP contribution is -2.46. The maximum atomic E-state index is 13.2. The first-order chi connectivity index (χ1) is 13.4. The molecule has 0 aliphatic carbocycles. The van der Waals surface area contributed by atoms with Gasteiger partial charge in [0.25, 0.3) is 0 Å². The monoisotopic (exact) mass is 418 g/mol. The van der Waals surface area contributed by atoms with Gasteiger partial charge in [-0.05, 0) is 62.1 Å². The van der Waals surface area contributed by atoms with Gasteiger partial charge in [-0.2, -0.15) is 4.31 Å². The smallest absolute Gasteiger partial charge is 0.243 e. The molecule has 2 heterocycles. The number of piperidine rings is 1. The lowest BCUT2D eigenvalue weighted by Gasteiger charge is -2.34. The highest BCUT2D eigenvalue weighted by molar-refractivity contribution is 7.89. The third-order valence-electron chi connectivity index (χ3n) is 5.70. The molecule has 7 heteroatoms. The van der Waals surface area contributed by atoms with E-state index in [0.29, 0.717) is 31.0 Å². The van der Waals surface area contributed by atoms with E-state index < -0.39 is 10.0 Å². The summed E-state index contributed by atoms with van der Waals surface area (Å²) in [6.07, 6.45) is 1.94. The summed E-state index contributed by atoms with van der Waals surface area (Å²) in [4.78, 5) is 15.3. The SMILES string of the molecule is C[C@@H]1Cc2ccccc2N1C(=O)C1CCN(S(=O)(=O)c2ccc(Cl)cc2)CC1. The molecule has 0 spiro atoms. The third kappa shape index (κ3) is 3.45. The number of rotatable bonds is 3. The number of nitrogens with zero attached hydrogens (tertiary/aromatic N) is 2. The van der Waals surface area contributed by atoms with Crippen molar-refractivity contribution in [1.82, 2.24) is 4.31 Å². The zero-order chi connectivity index (χ0) is 19.9. The van der Waals surface area contributed by atoms with Gasteiger partial charge < -0.3 is 4.90 Å². The molecule has 1 saturated heterocycles. The van der Waals surface area contributed by atoms with Crippen LogP contribution in [0.2, 0.25) is 5.02 Å². The van der Waals surface area contributed by atoms with Gasteiger partial charge in [0.15, 0.2) is 0 Å². The first-order valence-electron chi connectivity index (χ1n) is 9.54. The standard InChI is InChI=1S/C21H23ClN2O3S/c1-15-14-17-4-2-3-5-20(17)24(15)21(25)16-10-12-23(13-11-16)28(26,27)19-8-6-18(22)7-9-19/h2-9,15-16H,10-14H2,1H3/t15-/m1/s1. The van der Waals surface area contributed by atoms with Crippen LogP contribution in [0.25, 0.3) is 0 Å². The third-order valence-corrected chi connectivity index (χ3v) is 7.86. The maximum Gasteiger partial charge on any atom is 0.243 e. The molecule has 2 aromatic carbocycles. The van der Waals surface area contributed by atoms with E-state index in [2.05, 4.69) is 13.0 Å². The second-order valence-electron chi connectivity index (χ2n) is 7.52. The Hall–Kier alpha value is -1.89. The molecular formula is C21H23ClN2O3S. The molecule has 2 aliphatic heterocycles. The van der Waals surface area contributed by atoms with Crippen LogP contribution in [0.15, 0.2) is 53.4 Å². The first kappa shape index (κ1) is 19.4. The van der Waals surface area contributed by atoms with Crippen LogP contribution < -0.4 is 4.90 Å². The summed E-state index contributed by atoms with van der Waals surface area (Å²) < 4.78 is 27.1. The molecule has 0 unspecified atom stereocenters. The van der Waals surface area contributed by atoms with Crippen LogP contribution in [0.4, 0.5) is 5.69 Å². The van der Waals surface area contributed by atoms with Crippen molar-refractivity contribution in [3.8, 4) is 0 Å². The van der Waals surface area contributed by atoms with E-state index in [0.717, 1.165) is 12.1 Å². The molecule has 1 atom stereocenters. The fraction of sp³-hybridized carbons (Fsp3) is 0.381. The molecule has 0 radical (unpaired) electrons. The number of hydrogen-bond acceptors (Lipinski definition) is 3. The molecule has 1 amide bonds. The van der Waals surface area contributed by atoms with Crippen molar-refractivity contribution in [2.75, 3.05) is 18.0 Å². The van der Waals surface area contributed by atoms with Crippen molar-refractivity contribution in [3.63, 3.8) is 0 Å². The van der Waals surface area contributed by atoms with Crippen molar-refractivity contribution in [2.45, 2.75) is 37.1 Å². The Morgan fingerprint density at radius 1 is 1.04 bits per heavy atom. The molecule has 4 rings (SSSR count). The minimum absolute atomic E-state index is 0.112. The van der Waals surface area contributed by atoms with Gasteiger partial charge >= 0.3 is 0 Å². The van der Waals surface area contributed by atoms with Crippen molar-refractivity contribution < 1.29 is 13.2 Å². The average molecular weight is 419 g/mol. The highest BCUT2D eigenvalue weighted by atomic mass is 35.5. The summed E-state index contributed by atoms with van der Waals surface area (Å²) in [6.45, 7) is 2.77. The Bertz CT molecular complexity index is 983. The normalized spacial score (nSPS) is 20.9. The van der Waals surface area contributed by atoms with Crippen molar-refractivity contribution in [1.29, 1.82) is 0 Å². The Labute approximate surface area is 171 Å². The molecule has 2 aromatic rings.